The highest BCUT2D eigenvalue weighted by Gasteiger charge is 2.16. The molecular weight excluding hydrogens is 292 g/mol. The molecule has 0 spiro atoms. The Kier molecular flexibility index (Phi) is 5.11. The van der Waals surface area contributed by atoms with Crippen molar-refractivity contribution in [3.63, 3.8) is 0 Å². The summed E-state index contributed by atoms with van der Waals surface area (Å²) in [5, 5.41) is 13.7. The second kappa shape index (κ2) is 7.05. The van der Waals surface area contributed by atoms with Gasteiger partial charge in [0.1, 0.15) is 0 Å². The molecule has 0 aliphatic rings. The van der Waals surface area contributed by atoms with Crippen molar-refractivity contribution in [3.05, 3.63) is 74.8 Å². The maximum absolute atomic E-state index is 12.4. The number of nitrogens with one attached hydrogen (secondary N) is 1. The van der Waals surface area contributed by atoms with Crippen LogP contribution in [0.1, 0.15) is 46.4 Å². The fourth-order valence-corrected chi connectivity index (χ4v) is 2.59. The summed E-state index contributed by atoms with van der Waals surface area (Å²) in [6.45, 7) is 6.08. The summed E-state index contributed by atoms with van der Waals surface area (Å²) in [6.07, 6.45) is 0.766. The van der Waals surface area contributed by atoms with Crippen LogP contribution in [-0.4, -0.2) is 10.8 Å². The zero-order chi connectivity index (χ0) is 17.0. The van der Waals surface area contributed by atoms with Gasteiger partial charge < -0.3 is 5.32 Å². The summed E-state index contributed by atoms with van der Waals surface area (Å²) in [5.74, 6) is -0.230. The van der Waals surface area contributed by atoms with E-state index in [1.807, 2.05) is 32.9 Å². The minimum Gasteiger partial charge on any atom is -0.345 e. The average molecular weight is 312 g/mol. The zero-order valence-corrected chi connectivity index (χ0v) is 13.5. The molecule has 0 fully saturated rings. The van der Waals surface area contributed by atoms with Gasteiger partial charge in [0.25, 0.3) is 11.6 Å². The Morgan fingerprint density at radius 3 is 2.35 bits per heavy atom. The number of amides is 1. The number of rotatable bonds is 5. The molecule has 5 nitrogen and oxygen atoms in total. The standard InChI is InChI=1S/C18H20N2O3/c1-4-17(16-10-5-12(2)11-13(16)3)19-18(21)14-6-8-15(9-7-14)20(22)23/h5-11,17H,4H2,1-3H3,(H,19,21)/t17-/m0/s1. The molecule has 120 valence electrons. The number of hydrogen-bond acceptors (Lipinski definition) is 3. The van der Waals surface area contributed by atoms with Gasteiger partial charge >= 0.3 is 0 Å². The Morgan fingerprint density at radius 1 is 1.17 bits per heavy atom. The molecule has 0 aliphatic heterocycles. The van der Waals surface area contributed by atoms with E-state index in [-0.39, 0.29) is 17.6 Å². The number of nitrogens with zero attached hydrogens (tertiary/aromatic N) is 1. The zero-order valence-electron chi connectivity index (χ0n) is 13.5. The maximum atomic E-state index is 12.4. The van der Waals surface area contributed by atoms with Crippen molar-refractivity contribution in [1.82, 2.24) is 5.32 Å². The lowest BCUT2D eigenvalue weighted by molar-refractivity contribution is -0.384. The van der Waals surface area contributed by atoms with Gasteiger partial charge in [-0.3, -0.25) is 14.9 Å². The van der Waals surface area contributed by atoms with Crippen molar-refractivity contribution in [2.75, 3.05) is 0 Å². The first kappa shape index (κ1) is 16.7. The molecule has 0 aromatic heterocycles. The molecule has 0 saturated carbocycles. The number of carbonyl (C=O) groups is 1. The van der Waals surface area contributed by atoms with Gasteiger partial charge in [0.15, 0.2) is 0 Å². The van der Waals surface area contributed by atoms with Crippen LogP contribution in [0, 0.1) is 24.0 Å². The molecular formula is C18H20N2O3. The summed E-state index contributed by atoms with van der Waals surface area (Å²) in [6, 6.07) is 11.7. The van der Waals surface area contributed by atoms with Crippen LogP contribution in [0.4, 0.5) is 5.69 Å². The highest BCUT2D eigenvalue weighted by molar-refractivity contribution is 5.94. The fourth-order valence-electron chi connectivity index (χ4n) is 2.59. The van der Waals surface area contributed by atoms with Crippen LogP contribution in [0.25, 0.3) is 0 Å². The molecule has 0 bridgehead atoms. The van der Waals surface area contributed by atoms with Crippen LogP contribution >= 0.6 is 0 Å². The van der Waals surface area contributed by atoms with Crippen molar-refractivity contribution >= 4 is 11.6 Å². The van der Waals surface area contributed by atoms with E-state index in [1.54, 1.807) is 0 Å². The first-order valence-corrected chi connectivity index (χ1v) is 7.54. The number of nitro benzene ring substituents is 1. The first-order chi connectivity index (χ1) is 10.9. The van der Waals surface area contributed by atoms with Crippen LogP contribution in [0.5, 0.6) is 0 Å². The summed E-state index contributed by atoms with van der Waals surface area (Å²) in [4.78, 5) is 22.5. The van der Waals surface area contributed by atoms with E-state index in [2.05, 4.69) is 11.4 Å². The highest BCUT2D eigenvalue weighted by Crippen LogP contribution is 2.22. The molecule has 1 N–H and O–H groups in total. The van der Waals surface area contributed by atoms with Crippen LogP contribution in [0.3, 0.4) is 0 Å². The lowest BCUT2D eigenvalue weighted by Gasteiger charge is -2.20. The average Bonchev–Trinajstić information content (AvgIpc) is 2.53. The molecule has 23 heavy (non-hydrogen) atoms. The summed E-state index contributed by atoms with van der Waals surface area (Å²) in [7, 11) is 0. The van der Waals surface area contributed by atoms with Gasteiger partial charge in [0, 0.05) is 17.7 Å². The molecule has 0 heterocycles. The Morgan fingerprint density at radius 2 is 1.83 bits per heavy atom. The molecule has 5 heteroatoms. The maximum Gasteiger partial charge on any atom is 0.269 e. The Labute approximate surface area is 135 Å². The molecule has 0 unspecified atom stereocenters. The van der Waals surface area contributed by atoms with Gasteiger partial charge in [-0.05, 0) is 43.5 Å². The second-order valence-electron chi connectivity index (χ2n) is 5.60. The number of carbonyl (C=O) groups excluding carboxylic acids is 1. The van der Waals surface area contributed by atoms with Gasteiger partial charge in [-0.1, -0.05) is 30.7 Å². The summed E-state index contributed by atoms with van der Waals surface area (Å²) < 4.78 is 0. The second-order valence-corrected chi connectivity index (χ2v) is 5.60. The van der Waals surface area contributed by atoms with Crippen molar-refractivity contribution in [3.8, 4) is 0 Å². The number of benzene rings is 2. The van der Waals surface area contributed by atoms with Gasteiger partial charge in [0.05, 0.1) is 11.0 Å². The molecule has 0 radical (unpaired) electrons. The van der Waals surface area contributed by atoms with Crippen molar-refractivity contribution < 1.29 is 9.72 Å². The molecule has 2 aromatic rings. The summed E-state index contributed by atoms with van der Waals surface area (Å²) >= 11 is 0. The van der Waals surface area contributed by atoms with Gasteiger partial charge in [0.2, 0.25) is 0 Å². The van der Waals surface area contributed by atoms with E-state index in [4.69, 9.17) is 0 Å². The Bertz CT molecular complexity index is 724. The van der Waals surface area contributed by atoms with Crippen molar-refractivity contribution in [2.24, 2.45) is 0 Å². The van der Waals surface area contributed by atoms with Crippen LogP contribution in [0.15, 0.2) is 42.5 Å². The molecule has 0 aliphatic carbocycles. The van der Waals surface area contributed by atoms with E-state index in [0.29, 0.717) is 5.56 Å². The Hall–Kier alpha value is -2.69. The van der Waals surface area contributed by atoms with E-state index >= 15 is 0 Å². The van der Waals surface area contributed by atoms with Crippen molar-refractivity contribution in [1.29, 1.82) is 0 Å². The monoisotopic (exact) mass is 312 g/mol. The van der Waals surface area contributed by atoms with Crippen LogP contribution in [-0.2, 0) is 0 Å². The highest BCUT2D eigenvalue weighted by atomic mass is 16.6. The lowest BCUT2D eigenvalue weighted by atomic mass is 9.97. The van der Waals surface area contributed by atoms with E-state index in [9.17, 15) is 14.9 Å². The van der Waals surface area contributed by atoms with Gasteiger partial charge in [-0.25, -0.2) is 0 Å². The normalized spacial score (nSPS) is 11.8. The smallest absolute Gasteiger partial charge is 0.269 e. The Balaban J connectivity index is 2.17. The quantitative estimate of drug-likeness (QED) is 0.667. The number of nitro groups is 1. The molecule has 1 amide bonds. The molecule has 2 rings (SSSR count). The number of aryl methyl sites for hydroxylation is 2. The first-order valence-electron chi connectivity index (χ1n) is 7.54. The topological polar surface area (TPSA) is 72.2 Å². The third kappa shape index (κ3) is 3.94. The van der Waals surface area contributed by atoms with Crippen LogP contribution in [0.2, 0.25) is 0 Å². The predicted octanol–water partition coefficient (Wildman–Crippen LogP) is 4.09. The van der Waals surface area contributed by atoms with E-state index in [0.717, 1.165) is 17.5 Å². The number of hydrogen-bond donors (Lipinski definition) is 1. The molecule has 1 atom stereocenters. The SMILES string of the molecule is CC[C@H](NC(=O)c1ccc([N+](=O)[O-])cc1)c1ccc(C)cc1C. The van der Waals surface area contributed by atoms with Gasteiger partial charge in [-0.15, -0.1) is 0 Å². The number of non-ortho nitro benzene ring substituents is 1. The molecule has 0 saturated heterocycles. The lowest BCUT2D eigenvalue weighted by Crippen LogP contribution is -2.28. The largest absolute Gasteiger partial charge is 0.345 e. The van der Waals surface area contributed by atoms with Crippen LogP contribution < -0.4 is 5.32 Å². The summed E-state index contributed by atoms with van der Waals surface area (Å²) in [5.41, 5.74) is 3.80. The van der Waals surface area contributed by atoms with E-state index < -0.39 is 4.92 Å². The predicted molar refractivity (Wildman–Crippen MR) is 89.5 cm³/mol. The fraction of sp³-hybridized carbons (Fsp3) is 0.278. The third-order valence-corrected chi connectivity index (χ3v) is 3.85. The minimum absolute atomic E-state index is 0.0250. The van der Waals surface area contributed by atoms with E-state index in [1.165, 1.54) is 29.8 Å². The van der Waals surface area contributed by atoms with Crippen molar-refractivity contribution in [2.45, 2.75) is 33.2 Å². The third-order valence-electron chi connectivity index (χ3n) is 3.85. The molecule has 2 aromatic carbocycles. The minimum atomic E-state index is -0.480. The van der Waals surface area contributed by atoms with Gasteiger partial charge in [-0.2, -0.15) is 0 Å².